The first kappa shape index (κ1) is 76.5. The summed E-state index contributed by atoms with van der Waals surface area (Å²) in [6, 6.07) is 0. The molecular formula is C76H118O6. The lowest BCUT2D eigenvalue weighted by Crippen LogP contribution is -2.30. The van der Waals surface area contributed by atoms with Gasteiger partial charge in [0.05, 0.1) is 0 Å². The fraction of sp³-hybridized carbons (Fsp3) is 0.566. The average molecular weight is 1130 g/mol. The van der Waals surface area contributed by atoms with Crippen LogP contribution in [0.1, 0.15) is 258 Å². The SMILES string of the molecule is CC/C=C\C/C=C\C/C=C\C/C=C\C/C=C\C/C=C\C/C=C\C/C=C\C/C=C\CCCCCCCCCC(=O)OCC(COC(=O)CCCCCCC/C=C\CCC)OC(=O)CCCCC/C=C\C/C=C\C/C=C\C/C=C\C/C=C\CC. The summed E-state index contributed by atoms with van der Waals surface area (Å²) < 4.78 is 16.8. The van der Waals surface area contributed by atoms with E-state index >= 15 is 0 Å². The maximum Gasteiger partial charge on any atom is 0.306 e. The molecule has 0 spiro atoms. The normalized spacial score (nSPS) is 13.4. The summed E-state index contributed by atoms with van der Waals surface area (Å²) in [6.45, 7) is 6.29. The van der Waals surface area contributed by atoms with Crippen molar-refractivity contribution in [1.29, 1.82) is 0 Å². The van der Waals surface area contributed by atoms with Crippen LogP contribution < -0.4 is 0 Å². The summed E-state index contributed by atoms with van der Waals surface area (Å²) in [4.78, 5) is 38.2. The Labute approximate surface area is 504 Å². The number of hydrogen-bond acceptors (Lipinski definition) is 6. The molecule has 458 valence electrons. The van der Waals surface area contributed by atoms with E-state index in [1.165, 1.54) is 38.5 Å². The van der Waals surface area contributed by atoms with E-state index in [4.69, 9.17) is 14.2 Å². The van der Waals surface area contributed by atoms with Crippen molar-refractivity contribution in [2.45, 2.75) is 264 Å². The van der Waals surface area contributed by atoms with Crippen LogP contribution in [0, 0.1) is 0 Å². The lowest BCUT2D eigenvalue weighted by molar-refractivity contribution is -0.167. The van der Waals surface area contributed by atoms with E-state index in [9.17, 15) is 14.4 Å². The van der Waals surface area contributed by atoms with E-state index in [1.54, 1.807) is 0 Å². The number of unbranched alkanes of at least 4 members (excludes halogenated alkanes) is 16. The van der Waals surface area contributed by atoms with E-state index in [1.807, 2.05) is 0 Å². The van der Waals surface area contributed by atoms with E-state index in [-0.39, 0.29) is 37.5 Å². The molecule has 0 aliphatic carbocycles. The molecule has 0 saturated carbocycles. The van der Waals surface area contributed by atoms with Gasteiger partial charge in [-0.1, -0.05) is 267 Å². The quantitative estimate of drug-likeness (QED) is 0.0261. The molecule has 6 heteroatoms. The maximum absolute atomic E-state index is 12.9. The number of carbonyl (C=O) groups is 3. The van der Waals surface area contributed by atoms with Crippen molar-refractivity contribution in [3.8, 4) is 0 Å². The van der Waals surface area contributed by atoms with E-state index in [2.05, 4.69) is 203 Å². The topological polar surface area (TPSA) is 78.9 Å². The van der Waals surface area contributed by atoms with Gasteiger partial charge in [0, 0.05) is 19.3 Å². The van der Waals surface area contributed by atoms with Crippen molar-refractivity contribution in [2.24, 2.45) is 0 Å². The van der Waals surface area contributed by atoms with Crippen LogP contribution in [-0.4, -0.2) is 37.2 Å². The van der Waals surface area contributed by atoms with Gasteiger partial charge in [-0.15, -0.1) is 0 Å². The van der Waals surface area contributed by atoms with Gasteiger partial charge in [0.1, 0.15) is 13.2 Å². The summed E-state index contributed by atoms with van der Waals surface area (Å²) >= 11 is 0. The first-order chi connectivity index (χ1) is 40.5. The van der Waals surface area contributed by atoms with E-state index in [0.717, 1.165) is 173 Å². The second-order valence-electron chi connectivity index (χ2n) is 20.9. The highest BCUT2D eigenvalue weighted by Crippen LogP contribution is 2.14. The van der Waals surface area contributed by atoms with Crippen molar-refractivity contribution in [2.75, 3.05) is 13.2 Å². The van der Waals surface area contributed by atoms with E-state index < -0.39 is 6.10 Å². The third-order valence-electron chi connectivity index (χ3n) is 13.1. The van der Waals surface area contributed by atoms with Crippen LogP contribution in [0.2, 0.25) is 0 Å². The zero-order chi connectivity index (χ0) is 59.2. The Morgan fingerprint density at radius 1 is 0.256 bits per heavy atom. The van der Waals surface area contributed by atoms with Crippen molar-refractivity contribution < 1.29 is 28.6 Å². The molecule has 1 unspecified atom stereocenters. The van der Waals surface area contributed by atoms with Crippen LogP contribution in [0.5, 0.6) is 0 Å². The van der Waals surface area contributed by atoms with Crippen LogP contribution in [0.25, 0.3) is 0 Å². The van der Waals surface area contributed by atoms with Gasteiger partial charge in [-0.3, -0.25) is 14.4 Å². The monoisotopic (exact) mass is 1130 g/mol. The highest BCUT2D eigenvalue weighted by atomic mass is 16.6. The van der Waals surface area contributed by atoms with Crippen molar-refractivity contribution in [1.82, 2.24) is 0 Å². The van der Waals surface area contributed by atoms with Gasteiger partial charge in [-0.2, -0.15) is 0 Å². The third kappa shape index (κ3) is 65.3. The summed E-state index contributed by atoms with van der Waals surface area (Å²) in [5.41, 5.74) is 0. The molecule has 0 bridgehead atoms. The fourth-order valence-electron chi connectivity index (χ4n) is 8.29. The van der Waals surface area contributed by atoms with Gasteiger partial charge < -0.3 is 14.2 Å². The second kappa shape index (κ2) is 68.0. The predicted molar refractivity (Wildman–Crippen MR) is 357 cm³/mol. The molecule has 1 atom stereocenters. The molecular weight excluding hydrogens is 1010 g/mol. The first-order valence-corrected chi connectivity index (χ1v) is 32.8. The molecule has 0 rings (SSSR count). The largest absolute Gasteiger partial charge is 0.462 e. The highest BCUT2D eigenvalue weighted by molar-refractivity contribution is 5.71. The number of esters is 3. The molecule has 82 heavy (non-hydrogen) atoms. The van der Waals surface area contributed by atoms with Gasteiger partial charge in [0.15, 0.2) is 6.10 Å². The summed E-state index contributed by atoms with van der Waals surface area (Å²) in [5.74, 6) is -0.969. The second-order valence-corrected chi connectivity index (χ2v) is 20.9. The molecule has 0 fully saturated rings. The minimum atomic E-state index is -0.813. The number of carbonyl (C=O) groups excluding carboxylic acids is 3. The highest BCUT2D eigenvalue weighted by Gasteiger charge is 2.19. The number of allylic oxidation sites excluding steroid dienone is 30. The predicted octanol–water partition coefficient (Wildman–Crippen LogP) is 22.8. The molecule has 0 aliphatic rings. The molecule has 0 aromatic carbocycles. The summed E-state index contributed by atoms with van der Waals surface area (Å²) in [5, 5.41) is 0. The standard InChI is InChI=1S/C76H118O6/c1-4-7-10-13-16-19-22-24-26-28-30-31-32-33-34-35-36-37-38-39-40-41-42-43-44-45-47-48-50-52-54-57-60-63-66-69-75(78)81-72-73(71-80-74(77)68-65-62-59-56-21-18-15-12-9-6-3)82-76(79)70-67-64-61-58-55-53-51-49-46-29-27-25-23-20-17-14-11-8-5-2/h7-8,10-12,15-17,19-20,24-27,30-31,33-34,36-37,39-40,42-43,45-47,49,53,55,73H,4-6,9,13-14,18,21-23,28-29,32,35,38,41,44,48,50-52,54,56-72H2,1-3H3/b10-7-,11-8-,15-12-,19-16-,20-17-,26-24-,27-25-,31-30-,34-33-,37-36-,40-39-,43-42-,47-45-,49-46-,55-53-. The molecule has 6 nitrogen and oxygen atoms in total. The Morgan fingerprint density at radius 3 is 0.768 bits per heavy atom. The smallest absolute Gasteiger partial charge is 0.306 e. The number of rotatable bonds is 57. The van der Waals surface area contributed by atoms with Gasteiger partial charge >= 0.3 is 17.9 Å². The molecule has 0 saturated heterocycles. The lowest BCUT2D eigenvalue weighted by atomic mass is 10.1. The molecule has 0 heterocycles. The Hall–Kier alpha value is -5.49. The zero-order valence-electron chi connectivity index (χ0n) is 52.4. The molecule has 0 N–H and O–H groups in total. The fourth-order valence-corrected chi connectivity index (χ4v) is 8.29. The Bertz CT molecular complexity index is 1920. The average Bonchev–Trinajstić information content (AvgIpc) is 3.48. The van der Waals surface area contributed by atoms with Crippen LogP contribution >= 0.6 is 0 Å². The van der Waals surface area contributed by atoms with Crippen LogP contribution in [0.15, 0.2) is 182 Å². The molecule has 0 aromatic rings. The minimum Gasteiger partial charge on any atom is -0.462 e. The lowest BCUT2D eigenvalue weighted by Gasteiger charge is -2.18. The van der Waals surface area contributed by atoms with Gasteiger partial charge in [0.2, 0.25) is 0 Å². The summed E-state index contributed by atoms with van der Waals surface area (Å²) in [6.07, 6.45) is 102. The van der Waals surface area contributed by atoms with Crippen molar-refractivity contribution >= 4 is 17.9 Å². The maximum atomic E-state index is 12.9. The van der Waals surface area contributed by atoms with Gasteiger partial charge in [-0.25, -0.2) is 0 Å². The molecule has 0 aromatic heterocycles. The molecule has 0 aliphatic heterocycles. The Morgan fingerprint density at radius 2 is 0.476 bits per heavy atom. The Balaban J connectivity index is 4.31. The van der Waals surface area contributed by atoms with Crippen molar-refractivity contribution in [3.63, 3.8) is 0 Å². The summed E-state index contributed by atoms with van der Waals surface area (Å²) in [7, 11) is 0. The van der Waals surface area contributed by atoms with Gasteiger partial charge in [0.25, 0.3) is 0 Å². The first-order valence-electron chi connectivity index (χ1n) is 32.8. The van der Waals surface area contributed by atoms with Gasteiger partial charge in [-0.05, 0) is 154 Å². The number of ether oxygens (including phenoxy) is 3. The van der Waals surface area contributed by atoms with Crippen molar-refractivity contribution in [3.05, 3.63) is 182 Å². The van der Waals surface area contributed by atoms with Crippen LogP contribution in [-0.2, 0) is 28.6 Å². The zero-order valence-corrected chi connectivity index (χ0v) is 52.4. The van der Waals surface area contributed by atoms with Crippen LogP contribution in [0.3, 0.4) is 0 Å². The van der Waals surface area contributed by atoms with Crippen LogP contribution in [0.4, 0.5) is 0 Å². The number of hydrogen-bond donors (Lipinski definition) is 0. The molecule has 0 radical (unpaired) electrons. The third-order valence-corrected chi connectivity index (χ3v) is 13.1. The Kier molecular flexibility index (Phi) is 63.5. The van der Waals surface area contributed by atoms with E-state index in [0.29, 0.717) is 19.3 Å². The molecule has 0 amide bonds. The minimum absolute atomic E-state index is 0.107.